The molecule has 1 aromatic heterocycles. The van der Waals surface area contributed by atoms with Crippen LogP contribution >= 0.6 is 0 Å². The van der Waals surface area contributed by atoms with Gasteiger partial charge < -0.3 is 9.64 Å². The smallest absolute Gasteiger partial charge is 0.310 e. The molecule has 5 nitrogen and oxygen atoms in total. The molecule has 0 saturated carbocycles. The zero-order valence-corrected chi connectivity index (χ0v) is 12.7. The summed E-state index contributed by atoms with van der Waals surface area (Å²) in [4.78, 5) is 13.7. The zero-order chi connectivity index (χ0) is 14.4. The van der Waals surface area contributed by atoms with Gasteiger partial charge in [-0.25, -0.2) is 0 Å². The number of rotatable bonds is 7. The maximum Gasteiger partial charge on any atom is 0.310 e. The van der Waals surface area contributed by atoms with E-state index in [1.165, 1.54) is 7.11 Å². The minimum absolute atomic E-state index is 0.198. The van der Waals surface area contributed by atoms with Crippen LogP contribution in [-0.4, -0.2) is 48.4 Å². The van der Waals surface area contributed by atoms with Gasteiger partial charge in [0.25, 0.3) is 0 Å². The summed E-state index contributed by atoms with van der Waals surface area (Å²) in [5.74, 6) is -0.198. The van der Waals surface area contributed by atoms with Crippen molar-refractivity contribution in [2.45, 2.75) is 39.7 Å². The lowest BCUT2D eigenvalue weighted by Gasteiger charge is -2.11. The van der Waals surface area contributed by atoms with Crippen LogP contribution in [0.4, 0.5) is 0 Å². The maximum atomic E-state index is 11.5. The van der Waals surface area contributed by atoms with Gasteiger partial charge in [-0.2, -0.15) is 5.10 Å². The van der Waals surface area contributed by atoms with E-state index in [1.54, 1.807) is 0 Å². The Balaban J connectivity index is 3.02. The first-order valence-electron chi connectivity index (χ1n) is 6.82. The van der Waals surface area contributed by atoms with Crippen molar-refractivity contribution in [3.63, 3.8) is 0 Å². The number of hydrogen-bond donors (Lipinski definition) is 0. The first kappa shape index (κ1) is 15.7. The standard InChI is InChI=1S/C14H25N3O2/c1-6-12-11(10-14(18)19-5)13(7-2)17(15-12)9-8-16(3)4/h6-10H2,1-5H3. The van der Waals surface area contributed by atoms with Gasteiger partial charge in [0.1, 0.15) is 0 Å². The summed E-state index contributed by atoms with van der Waals surface area (Å²) in [5, 5.41) is 4.64. The van der Waals surface area contributed by atoms with Crippen molar-refractivity contribution >= 4 is 5.97 Å². The number of likely N-dealkylation sites (N-methyl/N-ethyl adjacent to an activating group) is 1. The number of aromatic nitrogens is 2. The number of carbonyl (C=O) groups is 1. The van der Waals surface area contributed by atoms with E-state index in [9.17, 15) is 4.79 Å². The fraction of sp³-hybridized carbons (Fsp3) is 0.714. The highest BCUT2D eigenvalue weighted by molar-refractivity contribution is 5.73. The lowest BCUT2D eigenvalue weighted by Crippen LogP contribution is -2.20. The molecule has 0 amide bonds. The molecule has 0 aliphatic heterocycles. The van der Waals surface area contributed by atoms with Gasteiger partial charge in [0.2, 0.25) is 0 Å². The first-order valence-corrected chi connectivity index (χ1v) is 6.82. The maximum absolute atomic E-state index is 11.5. The molecule has 0 radical (unpaired) electrons. The topological polar surface area (TPSA) is 47.4 Å². The van der Waals surface area contributed by atoms with Crippen molar-refractivity contribution < 1.29 is 9.53 Å². The summed E-state index contributed by atoms with van der Waals surface area (Å²) in [7, 11) is 5.52. The highest BCUT2D eigenvalue weighted by atomic mass is 16.5. The Bertz CT molecular complexity index is 425. The summed E-state index contributed by atoms with van der Waals surface area (Å²) < 4.78 is 6.82. The normalized spacial score (nSPS) is 11.1. The van der Waals surface area contributed by atoms with Crippen molar-refractivity contribution in [1.82, 2.24) is 14.7 Å². The van der Waals surface area contributed by atoms with Crippen LogP contribution in [0.1, 0.15) is 30.8 Å². The average Bonchev–Trinajstić information content (AvgIpc) is 2.73. The number of methoxy groups -OCH3 is 1. The Hall–Kier alpha value is -1.36. The summed E-state index contributed by atoms with van der Waals surface area (Å²) in [6, 6.07) is 0. The average molecular weight is 267 g/mol. The molecular formula is C14H25N3O2. The molecule has 0 aromatic carbocycles. The predicted molar refractivity (Wildman–Crippen MR) is 75.3 cm³/mol. The minimum atomic E-state index is -0.198. The highest BCUT2D eigenvalue weighted by Gasteiger charge is 2.18. The van der Waals surface area contributed by atoms with Crippen LogP contribution < -0.4 is 0 Å². The van der Waals surface area contributed by atoms with E-state index in [-0.39, 0.29) is 5.97 Å². The van der Waals surface area contributed by atoms with Crippen LogP contribution in [0, 0.1) is 0 Å². The van der Waals surface area contributed by atoms with Crippen molar-refractivity contribution in [3.05, 3.63) is 17.0 Å². The van der Waals surface area contributed by atoms with E-state index in [1.807, 2.05) is 18.8 Å². The fourth-order valence-corrected chi connectivity index (χ4v) is 2.17. The second kappa shape index (κ2) is 7.28. The van der Waals surface area contributed by atoms with Gasteiger partial charge in [-0.1, -0.05) is 13.8 Å². The Morgan fingerprint density at radius 2 is 2.00 bits per heavy atom. The monoisotopic (exact) mass is 267 g/mol. The molecule has 0 fully saturated rings. The molecule has 0 atom stereocenters. The molecule has 108 valence electrons. The van der Waals surface area contributed by atoms with Gasteiger partial charge in [0, 0.05) is 17.8 Å². The van der Waals surface area contributed by atoms with Crippen LogP contribution in [-0.2, 0) is 35.3 Å². The molecule has 0 spiro atoms. The third kappa shape index (κ3) is 4.06. The third-order valence-corrected chi connectivity index (χ3v) is 3.23. The lowest BCUT2D eigenvalue weighted by molar-refractivity contribution is -0.139. The van der Waals surface area contributed by atoms with E-state index < -0.39 is 0 Å². The van der Waals surface area contributed by atoms with Gasteiger partial charge in [-0.3, -0.25) is 9.48 Å². The van der Waals surface area contributed by atoms with Crippen molar-refractivity contribution in [1.29, 1.82) is 0 Å². The Morgan fingerprint density at radius 3 is 2.47 bits per heavy atom. The second-order valence-electron chi connectivity index (χ2n) is 4.86. The van der Waals surface area contributed by atoms with Crippen LogP contribution in [0.5, 0.6) is 0 Å². The van der Waals surface area contributed by atoms with Crippen LogP contribution in [0.15, 0.2) is 0 Å². The lowest BCUT2D eigenvalue weighted by atomic mass is 10.1. The van der Waals surface area contributed by atoms with Crippen LogP contribution in [0.25, 0.3) is 0 Å². The summed E-state index contributed by atoms with van der Waals surface area (Å²) in [6.07, 6.45) is 2.05. The molecule has 0 unspecified atom stereocenters. The molecule has 1 heterocycles. The molecule has 1 rings (SSSR count). The van der Waals surface area contributed by atoms with Crippen molar-refractivity contribution in [2.24, 2.45) is 0 Å². The molecule has 0 aliphatic rings. The molecule has 1 aromatic rings. The van der Waals surface area contributed by atoms with Crippen LogP contribution in [0.3, 0.4) is 0 Å². The van der Waals surface area contributed by atoms with Crippen molar-refractivity contribution in [3.8, 4) is 0 Å². The van der Waals surface area contributed by atoms with Crippen molar-refractivity contribution in [2.75, 3.05) is 27.7 Å². The molecular weight excluding hydrogens is 242 g/mol. The Kier molecular flexibility index (Phi) is 6.02. The number of aryl methyl sites for hydroxylation is 1. The molecule has 0 N–H and O–H groups in total. The van der Waals surface area contributed by atoms with E-state index in [0.717, 1.165) is 42.9 Å². The van der Waals surface area contributed by atoms with Gasteiger partial charge >= 0.3 is 5.97 Å². The number of ether oxygens (including phenoxy) is 1. The quantitative estimate of drug-likeness (QED) is 0.698. The highest BCUT2D eigenvalue weighted by Crippen LogP contribution is 2.17. The number of hydrogen-bond acceptors (Lipinski definition) is 4. The Labute approximate surface area is 115 Å². The second-order valence-corrected chi connectivity index (χ2v) is 4.86. The third-order valence-electron chi connectivity index (χ3n) is 3.23. The van der Waals surface area contributed by atoms with Gasteiger partial charge in [-0.15, -0.1) is 0 Å². The van der Waals surface area contributed by atoms with Gasteiger partial charge in [-0.05, 0) is 26.9 Å². The van der Waals surface area contributed by atoms with Gasteiger partial charge in [0.05, 0.1) is 25.8 Å². The zero-order valence-electron chi connectivity index (χ0n) is 12.7. The molecule has 0 aliphatic carbocycles. The Morgan fingerprint density at radius 1 is 1.32 bits per heavy atom. The summed E-state index contributed by atoms with van der Waals surface area (Å²) >= 11 is 0. The van der Waals surface area contributed by atoms with E-state index in [4.69, 9.17) is 4.74 Å². The number of carbonyl (C=O) groups excluding carboxylic acids is 1. The summed E-state index contributed by atoms with van der Waals surface area (Å²) in [5.41, 5.74) is 3.22. The van der Waals surface area contributed by atoms with E-state index >= 15 is 0 Å². The van der Waals surface area contributed by atoms with Crippen LogP contribution in [0.2, 0.25) is 0 Å². The van der Waals surface area contributed by atoms with E-state index in [0.29, 0.717) is 6.42 Å². The number of nitrogens with zero attached hydrogens (tertiary/aromatic N) is 3. The minimum Gasteiger partial charge on any atom is -0.469 e. The largest absolute Gasteiger partial charge is 0.469 e. The fourth-order valence-electron chi connectivity index (χ4n) is 2.17. The molecule has 5 heteroatoms. The molecule has 0 saturated heterocycles. The number of esters is 1. The van der Waals surface area contributed by atoms with Gasteiger partial charge in [0.15, 0.2) is 0 Å². The van der Waals surface area contributed by atoms with E-state index in [2.05, 4.69) is 23.8 Å². The predicted octanol–water partition coefficient (Wildman–Crippen LogP) is 1.28. The SMILES string of the molecule is CCc1nn(CCN(C)C)c(CC)c1CC(=O)OC. The molecule has 19 heavy (non-hydrogen) atoms. The molecule has 0 bridgehead atoms. The first-order chi connectivity index (χ1) is 9.03. The summed E-state index contributed by atoms with van der Waals surface area (Å²) in [6.45, 7) is 5.96.